The van der Waals surface area contributed by atoms with E-state index in [4.69, 9.17) is 9.47 Å². The van der Waals surface area contributed by atoms with E-state index in [1.165, 1.54) is 13.8 Å². The molecule has 0 saturated heterocycles. The van der Waals surface area contributed by atoms with Gasteiger partial charge in [-0.3, -0.25) is 4.79 Å². The van der Waals surface area contributed by atoms with Gasteiger partial charge in [0.2, 0.25) is 0 Å². The summed E-state index contributed by atoms with van der Waals surface area (Å²) in [5, 5.41) is 12.0. The Hall–Kier alpha value is -3.80. The van der Waals surface area contributed by atoms with Gasteiger partial charge in [-0.25, -0.2) is 4.79 Å². The predicted molar refractivity (Wildman–Crippen MR) is 110 cm³/mol. The van der Waals surface area contributed by atoms with E-state index in [2.05, 4.69) is 5.32 Å². The van der Waals surface area contributed by atoms with Crippen LogP contribution >= 0.6 is 0 Å². The summed E-state index contributed by atoms with van der Waals surface area (Å²) in [6, 6.07) is 22.7. The zero-order valence-corrected chi connectivity index (χ0v) is 16.1. The zero-order chi connectivity index (χ0) is 20.9. The number of nitrogens with one attached hydrogen (secondary N) is 1. The van der Waals surface area contributed by atoms with Crippen molar-refractivity contribution in [2.45, 2.75) is 19.4 Å². The van der Waals surface area contributed by atoms with Gasteiger partial charge in [0.1, 0.15) is 17.2 Å². The monoisotopic (exact) mass is 391 g/mol. The number of hydrogen-bond acceptors (Lipinski definition) is 4. The Labute approximate surface area is 168 Å². The standard InChI is InChI=1S/C23H21NO5/c1-23(2,22(26)27)29-20-10-6-7-17(15-20)24-21(25)16-11-13-19(14-12-16)28-18-8-4-3-5-9-18/h3-15H,1-2H3,(H,24,25)(H,26,27). The van der Waals surface area contributed by atoms with E-state index in [0.29, 0.717) is 28.5 Å². The number of ether oxygens (including phenoxy) is 2. The molecule has 0 atom stereocenters. The average Bonchev–Trinajstić information content (AvgIpc) is 2.69. The molecule has 3 aromatic rings. The van der Waals surface area contributed by atoms with Crippen LogP contribution in [-0.4, -0.2) is 22.6 Å². The third kappa shape index (κ3) is 5.35. The SMILES string of the molecule is CC(C)(Oc1cccc(NC(=O)c2ccc(Oc3ccccc3)cc2)c1)C(=O)O. The molecule has 0 aliphatic heterocycles. The van der Waals surface area contributed by atoms with E-state index in [9.17, 15) is 14.7 Å². The van der Waals surface area contributed by atoms with Gasteiger partial charge in [0.05, 0.1) is 0 Å². The third-order valence-electron chi connectivity index (χ3n) is 4.08. The van der Waals surface area contributed by atoms with Crippen LogP contribution in [0.2, 0.25) is 0 Å². The summed E-state index contributed by atoms with van der Waals surface area (Å²) in [6.07, 6.45) is 0. The molecule has 2 N–H and O–H groups in total. The third-order valence-corrected chi connectivity index (χ3v) is 4.08. The first-order valence-corrected chi connectivity index (χ1v) is 9.00. The van der Waals surface area contributed by atoms with E-state index in [1.807, 2.05) is 30.3 Å². The average molecular weight is 391 g/mol. The fourth-order valence-corrected chi connectivity index (χ4v) is 2.48. The first-order chi connectivity index (χ1) is 13.8. The van der Waals surface area contributed by atoms with Crippen molar-refractivity contribution in [2.24, 2.45) is 0 Å². The number of benzene rings is 3. The molecule has 1 amide bonds. The first-order valence-electron chi connectivity index (χ1n) is 9.00. The van der Waals surface area contributed by atoms with Gasteiger partial charge in [-0.2, -0.15) is 0 Å². The second-order valence-electron chi connectivity index (χ2n) is 6.84. The number of rotatable bonds is 7. The van der Waals surface area contributed by atoms with Crippen molar-refractivity contribution in [3.63, 3.8) is 0 Å². The molecule has 0 aromatic heterocycles. The topological polar surface area (TPSA) is 84.9 Å². The lowest BCUT2D eigenvalue weighted by Gasteiger charge is -2.21. The van der Waals surface area contributed by atoms with Gasteiger partial charge >= 0.3 is 5.97 Å². The highest BCUT2D eigenvalue weighted by Crippen LogP contribution is 2.24. The second kappa shape index (κ2) is 8.48. The lowest BCUT2D eigenvalue weighted by Crippen LogP contribution is -2.37. The molecule has 0 aliphatic carbocycles. The molecule has 0 fully saturated rings. The van der Waals surface area contributed by atoms with Crippen molar-refractivity contribution in [1.82, 2.24) is 0 Å². The second-order valence-corrected chi connectivity index (χ2v) is 6.84. The van der Waals surface area contributed by atoms with Crippen LogP contribution < -0.4 is 14.8 Å². The fraction of sp³-hybridized carbons (Fsp3) is 0.130. The number of carbonyl (C=O) groups is 2. The summed E-state index contributed by atoms with van der Waals surface area (Å²) in [5.74, 6) is 0.308. The van der Waals surface area contributed by atoms with Crippen LogP contribution in [0, 0.1) is 0 Å². The minimum absolute atomic E-state index is 0.300. The first kappa shape index (κ1) is 19.9. The number of carboxylic acid groups (broad SMARTS) is 1. The van der Waals surface area contributed by atoms with Gasteiger partial charge in [0.25, 0.3) is 5.91 Å². The van der Waals surface area contributed by atoms with Crippen LogP contribution in [0.4, 0.5) is 5.69 Å². The van der Waals surface area contributed by atoms with Crippen molar-refractivity contribution in [3.8, 4) is 17.2 Å². The molecule has 29 heavy (non-hydrogen) atoms. The summed E-state index contributed by atoms with van der Waals surface area (Å²) in [7, 11) is 0. The van der Waals surface area contributed by atoms with Crippen molar-refractivity contribution in [1.29, 1.82) is 0 Å². The molecule has 0 unspecified atom stereocenters. The maximum Gasteiger partial charge on any atom is 0.347 e. The zero-order valence-electron chi connectivity index (χ0n) is 16.1. The molecule has 0 heterocycles. The predicted octanol–water partition coefficient (Wildman–Crippen LogP) is 4.97. The lowest BCUT2D eigenvalue weighted by molar-refractivity contribution is -0.152. The Morgan fingerprint density at radius 1 is 0.828 bits per heavy atom. The van der Waals surface area contributed by atoms with Crippen LogP contribution in [0.25, 0.3) is 0 Å². The molecular formula is C23H21NO5. The Kier molecular flexibility index (Phi) is 5.83. The normalized spacial score (nSPS) is 10.8. The fourth-order valence-electron chi connectivity index (χ4n) is 2.48. The van der Waals surface area contributed by atoms with Crippen LogP contribution in [0.1, 0.15) is 24.2 Å². The molecule has 0 radical (unpaired) electrons. The smallest absolute Gasteiger partial charge is 0.347 e. The molecule has 6 heteroatoms. The van der Waals surface area contributed by atoms with Gasteiger partial charge in [-0.1, -0.05) is 24.3 Å². The minimum Gasteiger partial charge on any atom is -0.478 e. The largest absolute Gasteiger partial charge is 0.478 e. The minimum atomic E-state index is -1.38. The lowest BCUT2D eigenvalue weighted by atomic mass is 10.1. The molecular weight excluding hydrogens is 370 g/mol. The maximum atomic E-state index is 12.5. The number of hydrogen-bond donors (Lipinski definition) is 2. The van der Waals surface area contributed by atoms with Crippen molar-refractivity contribution in [2.75, 3.05) is 5.32 Å². The number of amides is 1. The van der Waals surface area contributed by atoms with Gasteiger partial charge in [-0.05, 0) is 62.4 Å². The van der Waals surface area contributed by atoms with E-state index in [1.54, 1.807) is 48.5 Å². The molecule has 3 aromatic carbocycles. The number of carbonyl (C=O) groups excluding carboxylic acids is 1. The number of para-hydroxylation sites is 1. The summed E-state index contributed by atoms with van der Waals surface area (Å²) < 4.78 is 11.2. The van der Waals surface area contributed by atoms with Gasteiger partial charge in [0, 0.05) is 17.3 Å². The number of aliphatic carboxylic acids is 1. The van der Waals surface area contributed by atoms with E-state index in [0.717, 1.165) is 0 Å². The molecule has 0 saturated carbocycles. The summed E-state index contributed by atoms with van der Waals surface area (Å²) in [5.41, 5.74) is -0.419. The quantitative estimate of drug-likeness (QED) is 0.594. The Bertz CT molecular complexity index is 997. The summed E-state index contributed by atoms with van der Waals surface area (Å²) >= 11 is 0. The highest BCUT2D eigenvalue weighted by Gasteiger charge is 2.29. The van der Waals surface area contributed by atoms with Gasteiger partial charge in [0.15, 0.2) is 5.60 Å². The Morgan fingerprint density at radius 2 is 1.45 bits per heavy atom. The maximum absolute atomic E-state index is 12.5. The number of carboxylic acids is 1. The van der Waals surface area contributed by atoms with E-state index < -0.39 is 11.6 Å². The molecule has 0 spiro atoms. The van der Waals surface area contributed by atoms with Crippen molar-refractivity contribution < 1.29 is 24.2 Å². The molecule has 6 nitrogen and oxygen atoms in total. The summed E-state index contributed by atoms with van der Waals surface area (Å²) in [6.45, 7) is 2.92. The van der Waals surface area contributed by atoms with Crippen molar-refractivity contribution in [3.05, 3.63) is 84.4 Å². The highest BCUT2D eigenvalue weighted by molar-refractivity contribution is 6.04. The van der Waals surface area contributed by atoms with Crippen LogP contribution in [0.5, 0.6) is 17.2 Å². The van der Waals surface area contributed by atoms with Crippen LogP contribution in [-0.2, 0) is 4.79 Å². The Morgan fingerprint density at radius 3 is 2.10 bits per heavy atom. The number of anilines is 1. The van der Waals surface area contributed by atoms with Crippen molar-refractivity contribution >= 4 is 17.6 Å². The van der Waals surface area contributed by atoms with Crippen LogP contribution in [0.3, 0.4) is 0 Å². The highest BCUT2D eigenvalue weighted by atomic mass is 16.5. The Balaban J connectivity index is 1.66. The molecule has 0 aliphatic rings. The van der Waals surface area contributed by atoms with E-state index >= 15 is 0 Å². The summed E-state index contributed by atoms with van der Waals surface area (Å²) in [4.78, 5) is 23.7. The molecule has 148 valence electrons. The molecule has 0 bridgehead atoms. The van der Waals surface area contributed by atoms with E-state index in [-0.39, 0.29) is 5.91 Å². The van der Waals surface area contributed by atoms with Gasteiger partial charge < -0.3 is 19.9 Å². The van der Waals surface area contributed by atoms with Crippen LogP contribution in [0.15, 0.2) is 78.9 Å². The molecule has 3 rings (SSSR count). The van der Waals surface area contributed by atoms with Gasteiger partial charge in [-0.15, -0.1) is 0 Å².